The molecule has 1 N–H and O–H groups in total. The van der Waals surface area contributed by atoms with Gasteiger partial charge in [0.2, 0.25) is 0 Å². The van der Waals surface area contributed by atoms with Crippen molar-refractivity contribution in [1.29, 1.82) is 0 Å². The molecule has 0 rings (SSSR count). The third-order valence-corrected chi connectivity index (χ3v) is 0.915. The summed E-state index contributed by atoms with van der Waals surface area (Å²) in [5.74, 6) is -1.55. The molecule has 9 heavy (non-hydrogen) atoms. The van der Waals surface area contributed by atoms with Gasteiger partial charge in [0.1, 0.15) is 0 Å². The van der Waals surface area contributed by atoms with Crippen LogP contribution < -0.4 is 0 Å². The quantitative estimate of drug-likeness (QED) is 0.598. The number of aliphatic carboxylic acids is 1. The Kier molecular flexibility index (Phi) is 4.02. The number of carboxylic acids is 1. The van der Waals surface area contributed by atoms with E-state index in [9.17, 15) is 13.8 Å². The van der Waals surface area contributed by atoms with E-state index < -0.39 is 26.5 Å². The van der Waals surface area contributed by atoms with Crippen molar-refractivity contribution in [2.24, 2.45) is 0 Å². The van der Waals surface area contributed by atoms with E-state index in [0.717, 1.165) is 0 Å². The van der Waals surface area contributed by atoms with Gasteiger partial charge < -0.3 is 0 Å². The summed E-state index contributed by atoms with van der Waals surface area (Å²) in [7, 11) is -0.458. The van der Waals surface area contributed by atoms with Crippen molar-refractivity contribution in [3.05, 3.63) is 0 Å². The van der Waals surface area contributed by atoms with Crippen LogP contribution in [-0.2, 0) is 9.36 Å². The molecule has 5 heteroatoms. The summed E-state index contributed by atoms with van der Waals surface area (Å²) in [5.41, 5.74) is 1.99. The van der Waals surface area contributed by atoms with E-state index in [-0.39, 0.29) is 0 Å². The van der Waals surface area contributed by atoms with Gasteiger partial charge in [-0.3, -0.25) is 0 Å². The summed E-state index contributed by atoms with van der Waals surface area (Å²) in [5, 5.41) is 7.89. The molecule has 0 amide bonds. The zero-order valence-electron chi connectivity index (χ0n) is 4.37. The summed E-state index contributed by atoms with van der Waals surface area (Å²) < 4.78 is 21.5. The van der Waals surface area contributed by atoms with Crippen molar-refractivity contribution < 1.29 is 18.9 Å². The summed E-state index contributed by atoms with van der Waals surface area (Å²) in [6.07, 6.45) is -2.41. The normalized spacial score (nSPS) is 11.7. The third-order valence-electron chi connectivity index (χ3n) is 0.603. The van der Waals surface area contributed by atoms with Gasteiger partial charge in [-0.1, -0.05) is 0 Å². The first-order chi connectivity index (χ1) is 4.18. The van der Waals surface area contributed by atoms with Crippen molar-refractivity contribution >= 4 is 13.9 Å². The molecule has 0 aliphatic heterocycles. The second-order valence-electron chi connectivity index (χ2n) is 1.26. The number of alkyl halides is 1. The van der Waals surface area contributed by atoms with E-state index in [0.29, 0.717) is 0 Å². The summed E-state index contributed by atoms with van der Waals surface area (Å²) >= 11 is 0. The fourth-order valence-corrected chi connectivity index (χ4v) is 0.440. The Hall–Kier alpha value is -0.590. The standard InChI is InChI=1S/C4H4FO3P/c5-3(4(6)7)1-2-9-8/h3H,1H2,(H,6,7). The van der Waals surface area contributed by atoms with Crippen LogP contribution in [0.5, 0.6) is 0 Å². The Balaban J connectivity index is 3.72. The first-order valence-corrected chi connectivity index (χ1v) is 2.91. The van der Waals surface area contributed by atoms with Gasteiger partial charge in [-0.2, -0.15) is 0 Å². The molecule has 50 valence electrons. The van der Waals surface area contributed by atoms with Crippen molar-refractivity contribution in [1.82, 2.24) is 0 Å². The third kappa shape index (κ3) is 3.95. The summed E-state index contributed by atoms with van der Waals surface area (Å²) in [6.45, 7) is 0. The zero-order chi connectivity index (χ0) is 7.28. The first kappa shape index (κ1) is 8.41. The predicted molar refractivity (Wildman–Crippen MR) is 28.6 cm³/mol. The first-order valence-electron chi connectivity index (χ1n) is 2.10. The van der Waals surface area contributed by atoms with Crippen LogP contribution in [-0.4, -0.2) is 17.2 Å². The molecule has 0 fully saturated rings. The average Bonchev–Trinajstić information content (AvgIpc) is 1.82. The second kappa shape index (κ2) is 4.30. The Morgan fingerprint density at radius 3 is 2.78 bits per heavy atom. The van der Waals surface area contributed by atoms with Crippen LogP contribution in [0.15, 0.2) is 0 Å². The monoisotopic (exact) mass is 150 g/mol. The van der Waals surface area contributed by atoms with Crippen LogP contribution in [0.25, 0.3) is 0 Å². The molecule has 0 spiro atoms. The van der Waals surface area contributed by atoms with E-state index in [1.165, 1.54) is 0 Å². The molecule has 0 heterocycles. The van der Waals surface area contributed by atoms with Crippen LogP contribution in [0.1, 0.15) is 6.42 Å². The number of carboxylic acid groups (broad SMARTS) is 1. The maximum atomic E-state index is 11.9. The fourth-order valence-electron chi connectivity index (χ4n) is 0.205. The number of rotatable bonds is 2. The molecule has 3 nitrogen and oxygen atoms in total. The molecule has 1 unspecified atom stereocenters. The molecule has 0 aliphatic carbocycles. The van der Waals surface area contributed by atoms with Gasteiger partial charge in [0.05, 0.1) is 0 Å². The van der Waals surface area contributed by atoms with Crippen molar-refractivity contribution in [3.63, 3.8) is 0 Å². The molecular weight excluding hydrogens is 146 g/mol. The predicted octanol–water partition coefficient (Wildman–Crippen LogP) is 1.05. The Labute approximate surface area is 52.0 Å². The van der Waals surface area contributed by atoms with E-state index >= 15 is 0 Å². The number of hydrogen-bond acceptors (Lipinski definition) is 2. The van der Waals surface area contributed by atoms with Gasteiger partial charge in [-0.25, -0.2) is 0 Å². The van der Waals surface area contributed by atoms with E-state index in [2.05, 4.69) is 0 Å². The van der Waals surface area contributed by atoms with Crippen molar-refractivity contribution in [2.45, 2.75) is 12.6 Å². The van der Waals surface area contributed by atoms with Crippen LogP contribution in [0.3, 0.4) is 0 Å². The summed E-state index contributed by atoms with van der Waals surface area (Å²) in [4.78, 5) is 9.69. The average molecular weight is 150 g/mol. The van der Waals surface area contributed by atoms with Gasteiger partial charge in [0, 0.05) is 0 Å². The molecule has 1 atom stereocenters. The van der Waals surface area contributed by atoms with Gasteiger partial charge >= 0.3 is 51.0 Å². The second-order valence-corrected chi connectivity index (χ2v) is 1.76. The van der Waals surface area contributed by atoms with Crippen molar-refractivity contribution in [2.75, 3.05) is 0 Å². The van der Waals surface area contributed by atoms with Gasteiger partial charge in [0.15, 0.2) is 0 Å². The number of halogens is 1. The molecule has 0 aromatic rings. The molecule has 0 aromatic heterocycles. The minimum absolute atomic E-state index is 0.430. The molecule has 0 aromatic carbocycles. The van der Waals surface area contributed by atoms with Gasteiger partial charge in [-0.15, -0.1) is 0 Å². The molecular formula is C4H4FO3P. The number of hydrogen-bond donors (Lipinski definition) is 1. The zero-order valence-corrected chi connectivity index (χ0v) is 5.27. The van der Waals surface area contributed by atoms with Crippen LogP contribution >= 0.6 is 7.92 Å². The number of carbonyl (C=O) groups is 1. The Bertz CT molecular complexity index is 195. The van der Waals surface area contributed by atoms with Crippen molar-refractivity contribution in [3.8, 4) is 5.63 Å². The molecule has 0 radical (unpaired) electrons. The molecule has 0 aliphatic rings. The van der Waals surface area contributed by atoms with E-state index in [4.69, 9.17) is 5.11 Å². The Morgan fingerprint density at radius 1 is 1.89 bits per heavy atom. The molecule has 0 bridgehead atoms. The van der Waals surface area contributed by atoms with Crippen LogP contribution in [0.2, 0.25) is 0 Å². The molecule has 0 saturated heterocycles. The maximum absolute atomic E-state index is 11.9. The summed E-state index contributed by atoms with van der Waals surface area (Å²) in [6, 6.07) is 0. The van der Waals surface area contributed by atoms with Gasteiger partial charge in [-0.05, 0) is 0 Å². The fraction of sp³-hybridized carbons (Fsp3) is 0.500. The molecule has 0 saturated carbocycles. The topological polar surface area (TPSA) is 54.4 Å². The van der Waals surface area contributed by atoms with Crippen LogP contribution in [0.4, 0.5) is 4.39 Å². The van der Waals surface area contributed by atoms with E-state index in [1.54, 1.807) is 0 Å². The SMILES string of the molecule is O=P#CCC(F)C(=O)O. The van der Waals surface area contributed by atoms with Gasteiger partial charge in [0.25, 0.3) is 0 Å². The Morgan fingerprint density at radius 2 is 2.44 bits per heavy atom. The minimum atomic E-state index is -1.98. The van der Waals surface area contributed by atoms with E-state index in [1.807, 2.05) is 5.63 Å². The van der Waals surface area contributed by atoms with Crippen LogP contribution in [0, 0.1) is 5.63 Å².